The van der Waals surface area contributed by atoms with Crippen LogP contribution in [0.3, 0.4) is 0 Å². The molecule has 0 aliphatic rings. The fraction of sp³-hybridized carbons (Fsp3) is 0. The van der Waals surface area contributed by atoms with Crippen LogP contribution in [-0.4, -0.2) is 15.2 Å². The van der Waals surface area contributed by atoms with Crippen LogP contribution in [0.5, 0.6) is 0 Å². The number of fused-ring (bicyclic) bond motifs is 3. The molecule has 0 aliphatic heterocycles. The van der Waals surface area contributed by atoms with Gasteiger partial charge in [-0.1, -0.05) is 23.2 Å². The Hall–Kier alpha value is -2.50. The Labute approximate surface area is 141 Å². The van der Waals surface area contributed by atoms with Gasteiger partial charge in [0.2, 0.25) is 0 Å². The topological polar surface area (TPSA) is 79.6 Å². The van der Waals surface area contributed by atoms with Crippen LogP contribution in [0.1, 0.15) is 0 Å². The molecule has 2 heterocycles. The number of nitrogens with two attached hydrogens (primary N) is 1. The maximum atomic E-state index is 6.09. The number of H-pyrrole nitrogens is 1. The Morgan fingerprint density at radius 3 is 2.52 bits per heavy atom. The number of nitrogens with one attached hydrogen (secondary N) is 2. The number of benzene rings is 2. The normalized spacial score (nSPS) is 11.2. The molecule has 0 amide bonds. The molecule has 0 atom stereocenters. The second-order valence-corrected chi connectivity index (χ2v) is 5.99. The van der Waals surface area contributed by atoms with Crippen molar-refractivity contribution >= 4 is 62.3 Å². The van der Waals surface area contributed by atoms with Crippen molar-refractivity contribution in [3.63, 3.8) is 0 Å². The molecule has 0 saturated heterocycles. The van der Waals surface area contributed by atoms with Gasteiger partial charge >= 0.3 is 0 Å². The highest BCUT2D eigenvalue weighted by molar-refractivity contribution is 6.32. The molecule has 0 fully saturated rings. The predicted molar refractivity (Wildman–Crippen MR) is 95.6 cm³/mol. The first-order valence-corrected chi connectivity index (χ1v) is 7.63. The van der Waals surface area contributed by atoms with Crippen LogP contribution in [0, 0.1) is 0 Å². The van der Waals surface area contributed by atoms with E-state index in [0.29, 0.717) is 21.7 Å². The maximum absolute atomic E-state index is 6.09. The molecule has 0 radical (unpaired) electrons. The number of hydrogen-bond donors (Lipinski definition) is 3. The summed E-state index contributed by atoms with van der Waals surface area (Å²) in [6.45, 7) is 0. The van der Waals surface area contributed by atoms with E-state index in [1.165, 1.54) is 0 Å². The average Bonchev–Trinajstić information content (AvgIpc) is 2.93. The average molecular weight is 344 g/mol. The number of rotatable bonds is 2. The lowest BCUT2D eigenvalue weighted by molar-refractivity contribution is 1.13. The second kappa shape index (κ2) is 5.30. The van der Waals surface area contributed by atoms with E-state index in [0.717, 1.165) is 27.5 Å². The van der Waals surface area contributed by atoms with Gasteiger partial charge in [0.25, 0.3) is 0 Å². The molecule has 4 rings (SSSR count). The lowest BCUT2D eigenvalue weighted by Gasteiger charge is -2.09. The molecule has 0 saturated carbocycles. The minimum Gasteiger partial charge on any atom is -0.382 e. The van der Waals surface area contributed by atoms with Gasteiger partial charge in [0, 0.05) is 21.1 Å². The zero-order valence-electron chi connectivity index (χ0n) is 11.8. The Bertz CT molecular complexity index is 1020. The van der Waals surface area contributed by atoms with E-state index < -0.39 is 0 Å². The second-order valence-electron chi connectivity index (χ2n) is 5.11. The molecule has 0 spiro atoms. The molecule has 0 bridgehead atoms. The molecule has 4 aromatic rings. The summed E-state index contributed by atoms with van der Waals surface area (Å²) in [5.41, 5.74) is 8.46. The molecular formula is C16H11Cl2N5. The summed E-state index contributed by atoms with van der Waals surface area (Å²) in [5.74, 6) is 1.01. The van der Waals surface area contributed by atoms with Gasteiger partial charge in [-0.25, -0.2) is 4.98 Å². The molecule has 5 nitrogen and oxygen atoms in total. The van der Waals surface area contributed by atoms with Crippen LogP contribution in [0.2, 0.25) is 10.0 Å². The van der Waals surface area contributed by atoms with E-state index in [-0.39, 0.29) is 0 Å². The molecule has 2 aromatic heterocycles. The van der Waals surface area contributed by atoms with Crippen molar-refractivity contribution in [2.24, 2.45) is 0 Å². The van der Waals surface area contributed by atoms with Crippen LogP contribution >= 0.6 is 23.2 Å². The van der Waals surface area contributed by atoms with Crippen molar-refractivity contribution in [2.75, 3.05) is 11.1 Å². The first-order chi connectivity index (χ1) is 11.1. The fourth-order valence-electron chi connectivity index (χ4n) is 2.53. The summed E-state index contributed by atoms with van der Waals surface area (Å²) in [7, 11) is 0. The number of halogens is 2. The summed E-state index contributed by atoms with van der Waals surface area (Å²) in [4.78, 5) is 4.65. The lowest BCUT2D eigenvalue weighted by Crippen LogP contribution is -1.97. The van der Waals surface area contributed by atoms with E-state index in [4.69, 9.17) is 28.9 Å². The Morgan fingerprint density at radius 2 is 1.74 bits per heavy atom. The number of aromatic amines is 1. The van der Waals surface area contributed by atoms with Gasteiger partial charge in [0.1, 0.15) is 5.82 Å². The maximum Gasteiger partial charge on any atom is 0.156 e. The zero-order chi connectivity index (χ0) is 16.0. The van der Waals surface area contributed by atoms with Gasteiger partial charge in [-0.15, -0.1) is 0 Å². The van der Waals surface area contributed by atoms with Crippen molar-refractivity contribution in [2.45, 2.75) is 0 Å². The largest absolute Gasteiger partial charge is 0.382 e. The number of anilines is 3. The van der Waals surface area contributed by atoms with Crippen LogP contribution in [0.4, 0.5) is 17.3 Å². The first kappa shape index (κ1) is 14.1. The van der Waals surface area contributed by atoms with Crippen molar-refractivity contribution < 1.29 is 0 Å². The predicted octanol–water partition coefficient (Wildman–Crippen LogP) is 4.74. The molecule has 0 aliphatic carbocycles. The summed E-state index contributed by atoms with van der Waals surface area (Å²) < 4.78 is 0. The standard InChI is InChI=1S/C16H11Cl2N5/c17-8-1-4-10(5-2-8)20-16-13-14(22-23-15(13)19)11-7-9(18)3-6-12(11)21-16/h1-7H,(H,20,21)(H3,19,22,23). The van der Waals surface area contributed by atoms with E-state index in [2.05, 4.69) is 20.5 Å². The highest BCUT2D eigenvalue weighted by Crippen LogP contribution is 2.34. The molecule has 2 aromatic carbocycles. The Morgan fingerprint density at radius 1 is 1.00 bits per heavy atom. The molecule has 4 N–H and O–H groups in total. The number of nitrogen functional groups attached to an aromatic ring is 1. The minimum atomic E-state index is 0.380. The van der Waals surface area contributed by atoms with E-state index in [9.17, 15) is 0 Å². The highest BCUT2D eigenvalue weighted by atomic mass is 35.5. The van der Waals surface area contributed by atoms with Crippen LogP contribution in [-0.2, 0) is 0 Å². The number of aromatic nitrogens is 3. The third-order valence-corrected chi connectivity index (χ3v) is 4.09. The number of nitrogens with zero attached hydrogens (tertiary/aromatic N) is 2. The van der Waals surface area contributed by atoms with Crippen LogP contribution in [0.25, 0.3) is 21.8 Å². The van der Waals surface area contributed by atoms with Crippen molar-refractivity contribution in [1.82, 2.24) is 15.2 Å². The van der Waals surface area contributed by atoms with Gasteiger partial charge in [0.15, 0.2) is 5.82 Å². The zero-order valence-corrected chi connectivity index (χ0v) is 13.3. The minimum absolute atomic E-state index is 0.380. The monoisotopic (exact) mass is 343 g/mol. The highest BCUT2D eigenvalue weighted by Gasteiger charge is 2.14. The van der Waals surface area contributed by atoms with Gasteiger partial charge in [-0.2, -0.15) is 5.10 Å². The summed E-state index contributed by atoms with van der Waals surface area (Å²) >= 11 is 12.0. The van der Waals surface area contributed by atoms with E-state index in [1.807, 2.05) is 24.3 Å². The van der Waals surface area contributed by atoms with Gasteiger partial charge in [0.05, 0.1) is 16.4 Å². The molecular weight excluding hydrogens is 333 g/mol. The van der Waals surface area contributed by atoms with Gasteiger partial charge in [-0.3, -0.25) is 5.10 Å². The third-order valence-electron chi connectivity index (χ3n) is 3.60. The van der Waals surface area contributed by atoms with Gasteiger partial charge < -0.3 is 11.1 Å². The van der Waals surface area contributed by atoms with Crippen LogP contribution in [0.15, 0.2) is 42.5 Å². The summed E-state index contributed by atoms with van der Waals surface area (Å²) in [6, 6.07) is 12.9. The number of hydrogen-bond acceptors (Lipinski definition) is 4. The number of pyridine rings is 1. The van der Waals surface area contributed by atoms with Crippen molar-refractivity contribution in [3.8, 4) is 0 Å². The van der Waals surface area contributed by atoms with Gasteiger partial charge in [-0.05, 0) is 42.5 Å². The van der Waals surface area contributed by atoms with E-state index in [1.54, 1.807) is 18.2 Å². The Balaban J connectivity index is 1.95. The lowest BCUT2D eigenvalue weighted by atomic mass is 10.1. The smallest absolute Gasteiger partial charge is 0.156 e. The molecule has 7 heteroatoms. The summed E-state index contributed by atoms with van der Waals surface area (Å²) in [6.07, 6.45) is 0. The van der Waals surface area contributed by atoms with Crippen molar-refractivity contribution in [1.29, 1.82) is 0 Å². The fourth-order valence-corrected chi connectivity index (χ4v) is 2.83. The van der Waals surface area contributed by atoms with E-state index >= 15 is 0 Å². The van der Waals surface area contributed by atoms with Crippen LogP contribution < -0.4 is 11.1 Å². The first-order valence-electron chi connectivity index (χ1n) is 6.87. The third kappa shape index (κ3) is 2.44. The SMILES string of the molecule is Nc1n[nH]c2c1c(Nc1ccc(Cl)cc1)nc1ccc(Cl)cc12. The Kier molecular flexibility index (Phi) is 3.25. The van der Waals surface area contributed by atoms with Crippen molar-refractivity contribution in [3.05, 3.63) is 52.5 Å². The molecule has 23 heavy (non-hydrogen) atoms. The molecule has 114 valence electrons. The summed E-state index contributed by atoms with van der Waals surface area (Å²) in [5, 5.41) is 13.2. The molecule has 0 unspecified atom stereocenters. The quantitative estimate of drug-likeness (QED) is 0.490.